The first-order chi connectivity index (χ1) is 11.5. The number of nitrogens with zero attached hydrogens (tertiary/aromatic N) is 1. The van der Waals surface area contributed by atoms with Crippen LogP contribution in [0.3, 0.4) is 0 Å². The third-order valence-corrected chi connectivity index (χ3v) is 4.11. The van der Waals surface area contributed by atoms with Gasteiger partial charge in [-0.15, -0.1) is 0 Å². The fourth-order valence-corrected chi connectivity index (χ4v) is 2.50. The average molecular weight is 359 g/mol. The molecule has 2 aromatic carbocycles. The normalized spacial score (nSPS) is 10.4. The SMILES string of the molecule is O=C(Nc1ccc(-c2ccccn2)cc1)c1cc(Cl)c(Cl)cc1O. The number of phenols is 1. The van der Waals surface area contributed by atoms with Gasteiger partial charge in [-0.2, -0.15) is 0 Å². The summed E-state index contributed by atoms with van der Waals surface area (Å²) in [6.45, 7) is 0. The van der Waals surface area contributed by atoms with Gasteiger partial charge in [-0.3, -0.25) is 9.78 Å². The van der Waals surface area contributed by atoms with Gasteiger partial charge in [0.2, 0.25) is 0 Å². The highest BCUT2D eigenvalue weighted by molar-refractivity contribution is 6.42. The van der Waals surface area contributed by atoms with Crippen molar-refractivity contribution < 1.29 is 9.90 Å². The van der Waals surface area contributed by atoms with Crippen molar-refractivity contribution in [1.82, 2.24) is 4.98 Å². The molecule has 0 atom stereocenters. The standard InChI is InChI=1S/C18H12Cl2N2O2/c19-14-9-13(17(23)10-15(14)20)18(24)22-12-6-4-11(5-7-12)16-3-1-2-8-21-16/h1-10,23H,(H,22,24). The number of carbonyl (C=O) groups is 1. The summed E-state index contributed by atoms with van der Waals surface area (Å²) in [6, 6.07) is 15.5. The van der Waals surface area contributed by atoms with Crippen LogP contribution in [0.1, 0.15) is 10.4 Å². The molecule has 0 aliphatic carbocycles. The molecule has 0 saturated heterocycles. The molecular weight excluding hydrogens is 347 g/mol. The lowest BCUT2D eigenvalue weighted by atomic mass is 10.1. The Morgan fingerprint density at radius 2 is 1.71 bits per heavy atom. The van der Waals surface area contributed by atoms with E-state index in [-0.39, 0.29) is 21.4 Å². The highest BCUT2D eigenvalue weighted by Gasteiger charge is 2.14. The van der Waals surface area contributed by atoms with E-state index < -0.39 is 5.91 Å². The average Bonchev–Trinajstić information content (AvgIpc) is 2.59. The van der Waals surface area contributed by atoms with Gasteiger partial charge in [0.05, 0.1) is 21.3 Å². The van der Waals surface area contributed by atoms with Gasteiger partial charge >= 0.3 is 0 Å². The van der Waals surface area contributed by atoms with Gasteiger partial charge in [-0.25, -0.2) is 0 Å². The van der Waals surface area contributed by atoms with E-state index in [0.717, 1.165) is 11.3 Å². The second kappa shape index (κ2) is 6.91. The van der Waals surface area contributed by atoms with Crippen LogP contribution in [-0.2, 0) is 0 Å². The lowest BCUT2D eigenvalue weighted by molar-refractivity contribution is 0.102. The summed E-state index contributed by atoms with van der Waals surface area (Å²) in [4.78, 5) is 16.5. The number of amides is 1. The summed E-state index contributed by atoms with van der Waals surface area (Å²) >= 11 is 11.7. The molecule has 0 bridgehead atoms. The molecule has 0 aliphatic rings. The quantitative estimate of drug-likeness (QED) is 0.691. The maximum absolute atomic E-state index is 12.3. The van der Waals surface area contributed by atoms with E-state index >= 15 is 0 Å². The van der Waals surface area contributed by atoms with Crippen LogP contribution in [0.5, 0.6) is 5.75 Å². The number of phenolic OH excluding ortho intramolecular Hbond substituents is 1. The van der Waals surface area contributed by atoms with Crippen LogP contribution in [0.4, 0.5) is 5.69 Å². The number of pyridine rings is 1. The van der Waals surface area contributed by atoms with Gasteiger partial charge in [-0.1, -0.05) is 41.4 Å². The number of hydrogen-bond acceptors (Lipinski definition) is 3. The molecule has 0 radical (unpaired) electrons. The van der Waals surface area contributed by atoms with Crippen LogP contribution in [0.2, 0.25) is 10.0 Å². The first kappa shape index (κ1) is 16.3. The molecule has 3 rings (SSSR count). The van der Waals surface area contributed by atoms with Gasteiger partial charge in [0.25, 0.3) is 5.91 Å². The van der Waals surface area contributed by atoms with Crippen LogP contribution in [0, 0.1) is 0 Å². The summed E-state index contributed by atoms with van der Waals surface area (Å²) in [5.41, 5.74) is 2.42. The Labute approximate surface area is 148 Å². The van der Waals surface area contributed by atoms with Crippen molar-refractivity contribution in [3.63, 3.8) is 0 Å². The summed E-state index contributed by atoms with van der Waals surface area (Å²) < 4.78 is 0. The van der Waals surface area contributed by atoms with E-state index in [0.29, 0.717) is 5.69 Å². The van der Waals surface area contributed by atoms with Crippen molar-refractivity contribution in [2.75, 3.05) is 5.32 Å². The third kappa shape index (κ3) is 3.50. The number of hydrogen-bond donors (Lipinski definition) is 2. The first-order valence-electron chi connectivity index (χ1n) is 7.05. The van der Waals surface area contributed by atoms with Gasteiger partial charge in [0, 0.05) is 23.5 Å². The van der Waals surface area contributed by atoms with Gasteiger partial charge in [0.15, 0.2) is 0 Å². The maximum atomic E-state index is 12.3. The molecule has 1 heterocycles. The van der Waals surface area contributed by atoms with Crippen molar-refractivity contribution in [3.05, 3.63) is 76.4 Å². The second-order valence-corrected chi connectivity index (χ2v) is 5.84. The largest absolute Gasteiger partial charge is 0.507 e. The summed E-state index contributed by atoms with van der Waals surface area (Å²) in [5, 5.41) is 12.9. The Morgan fingerprint density at radius 1 is 1.00 bits per heavy atom. The molecule has 1 amide bonds. The molecule has 3 aromatic rings. The summed E-state index contributed by atoms with van der Waals surface area (Å²) in [6.07, 6.45) is 1.72. The molecule has 0 spiro atoms. The molecule has 1 aromatic heterocycles. The predicted molar refractivity (Wildman–Crippen MR) is 95.8 cm³/mol. The van der Waals surface area contributed by atoms with Crippen molar-refractivity contribution in [2.24, 2.45) is 0 Å². The van der Waals surface area contributed by atoms with Crippen LogP contribution >= 0.6 is 23.2 Å². The molecule has 24 heavy (non-hydrogen) atoms. The van der Waals surface area contributed by atoms with Crippen LogP contribution in [0.15, 0.2) is 60.8 Å². The zero-order chi connectivity index (χ0) is 17.1. The van der Waals surface area contributed by atoms with Crippen molar-refractivity contribution >= 4 is 34.8 Å². The van der Waals surface area contributed by atoms with E-state index in [1.54, 1.807) is 18.3 Å². The molecule has 6 heteroatoms. The first-order valence-corrected chi connectivity index (χ1v) is 7.81. The minimum absolute atomic E-state index is 0.0539. The molecular formula is C18H12Cl2N2O2. The molecule has 0 saturated carbocycles. The Hall–Kier alpha value is -2.56. The highest BCUT2D eigenvalue weighted by Crippen LogP contribution is 2.30. The lowest BCUT2D eigenvalue weighted by Crippen LogP contribution is -2.12. The van der Waals surface area contributed by atoms with Gasteiger partial charge in [0.1, 0.15) is 5.75 Å². The number of halogens is 2. The molecule has 120 valence electrons. The zero-order valence-electron chi connectivity index (χ0n) is 12.3. The Kier molecular flexibility index (Phi) is 4.69. The Bertz CT molecular complexity index is 882. The Morgan fingerprint density at radius 3 is 2.38 bits per heavy atom. The molecule has 0 unspecified atom stereocenters. The lowest BCUT2D eigenvalue weighted by Gasteiger charge is -2.09. The summed E-state index contributed by atoms with van der Waals surface area (Å²) in [7, 11) is 0. The fraction of sp³-hybridized carbons (Fsp3) is 0. The van der Waals surface area contributed by atoms with Crippen molar-refractivity contribution in [2.45, 2.75) is 0 Å². The van der Waals surface area contributed by atoms with Crippen LogP contribution < -0.4 is 5.32 Å². The van der Waals surface area contributed by atoms with E-state index in [4.69, 9.17) is 23.2 Å². The van der Waals surface area contributed by atoms with E-state index in [1.165, 1.54) is 12.1 Å². The third-order valence-electron chi connectivity index (χ3n) is 3.39. The number of aromatic nitrogens is 1. The smallest absolute Gasteiger partial charge is 0.259 e. The fourth-order valence-electron chi connectivity index (χ4n) is 2.17. The maximum Gasteiger partial charge on any atom is 0.259 e. The van der Waals surface area contributed by atoms with Gasteiger partial charge in [-0.05, 0) is 30.3 Å². The van der Waals surface area contributed by atoms with Gasteiger partial charge < -0.3 is 10.4 Å². The number of rotatable bonds is 3. The zero-order valence-corrected chi connectivity index (χ0v) is 13.8. The minimum atomic E-state index is -0.475. The van der Waals surface area contributed by atoms with E-state index in [2.05, 4.69) is 10.3 Å². The monoisotopic (exact) mass is 358 g/mol. The van der Waals surface area contributed by atoms with E-state index in [1.807, 2.05) is 30.3 Å². The minimum Gasteiger partial charge on any atom is -0.507 e. The highest BCUT2D eigenvalue weighted by atomic mass is 35.5. The number of anilines is 1. The number of nitrogens with one attached hydrogen (secondary N) is 1. The van der Waals surface area contributed by atoms with Crippen molar-refractivity contribution in [1.29, 1.82) is 0 Å². The number of aromatic hydroxyl groups is 1. The van der Waals surface area contributed by atoms with Crippen molar-refractivity contribution in [3.8, 4) is 17.0 Å². The Balaban J connectivity index is 1.79. The summed E-state index contributed by atoms with van der Waals surface area (Å²) in [5.74, 6) is -0.705. The molecule has 4 nitrogen and oxygen atoms in total. The number of carbonyl (C=O) groups excluding carboxylic acids is 1. The van der Waals surface area contributed by atoms with Crippen LogP contribution in [-0.4, -0.2) is 16.0 Å². The molecule has 0 fully saturated rings. The topological polar surface area (TPSA) is 62.2 Å². The predicted octanol–water partition coefficient (Wildman–Crippen LogP) is 5.01. The molecule has 2 N–H and O–H groups in total. The van der Waals surface area contributed by atoms with Crippen LogP contribution in [0.25, 0.3) is 11.3 Å². The number of benzene rings is 2. The van der Waals surface area contributed by atoms with E-state index in [9.17, 15) is 9.90 Å². The second-order valence-electron chi connectivity index (χ2n) is 5.03. The molecule has 0 aliphatic heterocycles.